The van der Waals surface area contributed by atoms with Crippen LogP contribution in [0, 0.1) is 22.0 Å². The third kappa shape index (κ3) is 4.80. The van der Waals surface area contributed by atoms with Gasteiger partial charge < -0.3 is 10.4 Å². The van der Waals surface area contributed by atoms with Gasteiger partial charge in [0.2, 0.25) is 0 Å². The molecule has 110 valence electrons. The molecule has 0 radical (unpaired) electrons. The number of carboxylic acids is 1. The van der Waals surface area contributed by atoms with Gasteiger partial charge in [0.1, 0.15) is 5.69 Å². The standard InChI is InChI=1S/C13H17BrN2O4/c1-8(2)5-9(13(17)18)7-15-11-4-3-10(14)6-12(11)16(19)20/h3-4,6,8-9,15H,5,7H2,1-2H3,(H,17,18). The van der Waals surface area contributed by atoms with Crippen LogP contribution in [0.1, 0.15) is 20.3 Å². The van der Waals surface area contributed by atoms with Gasteiger partial charge >= 0.3 is 5.97 Å². The highest BCUT2D eigenvalue weighted by Crippen LogP contribution is 2.28. The summed E-state index contributed by atoms with van der Waals surface area (Å²) in [6.07, 6.45) is 0.520. The molecule has 7 heteroatoms. The normalized spacial score (nSPS) is 12.2. The van der Waals surface area contributed by atoms with Crippen LogP contribution in [-0.2, 0) is 4.79 Å². The van der Waals surface area contributed by atoms with Crippen molar-refractivity contribution in [2.75, 3.05) is 11.9 Å². The van der Waals surface area contributed by atoms with Crippen LogP contribution in [0.5, 0.6) is 0 Å². The van der Waals surface area contributed by atoms with Gasteiger partial charge in [0, 0.05) is 17.1 Å². The lowest BCUT2D eigenvalue weighted by molar-refractivity contribution is -0.384. The zero-order chi connectivity index (χ0) is 15.3. The summed E-state index contributed by atoms with van der Waals surface area (Å²) in [7, 11) is 0. The Hall–Kier alpha value is -1.63. The average molecular weight is 345 g/mol. The first kappa shape index (κ1) is 16.4. The molecular weight excluding hydrogens is 328 g/mol. The highest BCUT2D eigenvalue weighted by molar-refractivity contribution is 9.10. The van der Waals surface area contributed by atoms with Crippen LogP contribution < -0.4 is 5.32 Å². The number of halogens is 1. The van der Waals surface area contributed by atoms with E-state index in [1.165, 1.54) is 6.07 Å². The van der Waals surface area contributed by atoms with Gasteiger partial charge in [-0.25, -0.2) is 0 Å². The van der Waals surface area contributed by atoms with Gasteiger partial charge in [-0.05, 0) is 24.5 Å². The summed E-state index contributed by atoms with van der Waals surface area (Å²) in [5.74, 6) is -1.22. The van der Waals surface area contributed by atoms with Gasteiger partial charge in [-0.3, -0.25) is 14.9 Å². The summed E-state index contributed by atoms with van der Waals surface area (Å²) in [5, 5.41) is 23.0. The predicted octanol–water partition coefficient (Wildman–Crippen LogP) is 3.52. The molecule has 0 aliphatic carbocycles. The molecule has 2 N–H and O–H groups in total. The van der Waals surface area contributed by atoms with E-state index in [9.17, 15) is 14.9 Å². The van der Waals surface area contributed by atoms with Crippen LogP contribution in [0.15, 0.2) is 22.7 Å². The predicted molar refractivity (Wildman–Crippen MR) is 79.9 cm³/mol. The molecule has 6 nitrogen and oxygen atoms in total. The van der Waals surface area contributed by atoms with Crippen LogP contribution in [0.3, 0.4) is 0 Å². The van der Waals surface area contributed by atoms with E-state index < -0.39 is 16.8 Å². The molecule has 0 fully saturated rings. The molecule has 1 atom stereocenters. The second kappa shape index (κ2) is 7.23. The van der Waals surface area contributed by atoms with E-state index in [4.69, 9.17) is 5.11 Å². The fourth-order valence-corrected chi connectivity index (χ4v) is 2.23. The number of nitro benzene ring substituents is 1. The summed E-state index contributed by atoms with van der Waals surface area (Å²) in [6, 6.07) is 4.63. The van der Waals surface area contributed by atoms with Crippen molar-refractivity contribution < 1.29 is 14.8 Å². The van der Waals surface area contributed by atoms with Gasteiger partial charge in [0.05, 0.1) is 10.8 Å². The highest BCUT2D eigenvalue weighted by Gasteiger charge is 2.21. The largest absolute Gasteiger partial charge is 0.481 e. The summed E-state index contributed by atoms with van der Waals surface area (Å²) in [5.41, 5.74) is 0.251. The molecular formula is C13H17BrN2O4. The van der Waals surface area contributed by atoms with Gasteiger partial charge in [0.25, 0.3) is 5.69 Å². The molecule has 0 saturated heterocycles. The fraction of sp³-hybridized carbons (Fsp3) is 0.462. The SMILES string of the molecule is CC(C)CC(CNc1ccc(Br)cc1[N+](=O)[O-])C(=O)O. The van der Waals surface area contributed by atoms with Crippen molar-refractivity contribution in [1.29, 1.82) is 0 Å². The number of nitrogens with one attached hydrogen (secondary N) is 1. The van der Waals surface area contributed by atoms with Gasteiger partial charge in [-0.1, -0.05) is 29.8 Å². The Morgan fingerprint density at radius 2 is 2.15 bits per heavy atom. The van der Waals surface area contributed by atoms with E-state index in [0.29, 0.717) is 16.6 Å². The van der Waals surface area contributed by atoms with Crippen molar-refractivity contribution >= 4 is 33.3 Å². The van der Waals surface area contributed by atoms with Crippen molar-refractivity contribution in [2.24, 2.45) is 11.8 Å². The second-order valence-corrected chi connectivity index (χ2v) is 5.88. The molecule has 0 aromatic heterocycles. The maximum absolute atomic E-state index is 11.1. The molecule has 0 bridgehead atoms. The number of aliphatic carboxylic acids is 1. The third-order valence-electron chi connectivity index (χ3n) is 2.80. The maximum atomic E-state index is 11.1. The number of anilines is 1. The Balaban J connectivity index is 2.82. The minimum absolute atomic E-state index is 0.0759. The van der Waals surface area contributed by atoms with Gasteiger partial charge in [-0.2, -0.15) is 0 Å². The van der Waals surface area contributed by atoms with E-state index in [0.717, 1.165) is 0 Å². The van der Waals surface area contributed by atoms with Gasteiger partial charge in [-0.15, -0.1) is 0 Å². The van der Waals surface area contributed by atoms with Gasteiger partial charge in [0.15, 0.2) is 0 Å². The number of carboxylic acid groups (broad SMARTS) is 1. The fourth-order valence-electron chi connectivity index (χ4n) is 1.88. The molecule has 1 aromatic carbocycles. The Kier molecular flexibility index (Phi) is 5.94. The Labute approximate surface area is 125 Å². The topological polar surface area (TPSA) is 92.5 Å². The van der Waals surface area contributed by atoms with E-state index in [1.54, 1.807) is 12.1 Å². The van der Waals surface area contributed by atoms with E-state index in [-0.39, 0.29) is 18.2 Å². The van der Waals surface area contributed by atoms with Crippen molar-refractivity contribution in [1.82, 2.24) is 0 Å². The zero-order valence-corrected chi connectivity index (χ0v) is 12.9. The molecule has 0 aliphatic heterocycles. The number of hydrogen-bond donors (Lipinski definition) is 2. The van der Waals surface area contributed by atoms with E-state index in [2.05, 4.69) is 21.2 Å². The van der Waals surface area contributed by atoms with Crippen LogP contribution in [0.4, 0.5) is 11.4 Å². The smallest absolute Gasteiger partial charge is 0.308 e. The molecule has 1 unspecified atom stereocenters. The Bertz CT molecular complexity index is 505. The first-order chi connectivity index (χ1) is 9.31. The lowest BCUT2D eigenvalue weighted by Crippen LogP contribution is -2.24. The molecule has 0 aliphatic rings. The molecule has 1 aromatic rings. The zero-order valence-electron chi connectivity index (χ0n) is 11.3. The molecule has 0 heterocycles. The molecule has 0 amide bonds. The van der Waals surface area contributed by atoms with Crippen LogP contribution in [0.2, 0.25) is 0 Å². The summed E-state index contributed by atoms with van der Waals surface area (Å²) in [6.45, 7) is 4.05. The number of rotatable bonds is 7. The molecule has 0 spiro atoms. The second-order valence-electron chi connectivity index (χ2n) is 4.96. The first-order valence-corrected chi connectivity index (χ1v) is 7.01. The summed E-state index contributed by atoms with van der Waals surface area (Å²) < 4.78 is 0.603. The third-order valence-corrected chi connectivity index (χ3v) is 3.29. The van der Waals surface area contributed by atoms with Crippen molar-refractivity contribution in [3.05, 3.63) is 32.8 Å². The van der Waals surface area contributed by atoms with Crippen molar-refractivity contribution in [3.63, 3.8) is 0 Å². The molecule has 20 heavy (non-hydrogen) atoms. The van der Waals surface area contributed by atoms with E-state index >= 15 is 0 Å². The maximum Gasteiger partial charge on any atom is 0.308 e. The summed E-state index contributed by atoms with van der Waals surface area (Å²) >= 11 is 3.17. The number of hydrogen-bond acceptors (Lipinski definition) is 4. The number of nitro groups is 1. The number of benzene rings is 1. The van der Waals surface area contributed by atoms with Crippen molar-refractivity contribution in [2.45, 2.75) is 20.3 Å². The van der Waals surface area contributed by atoms with E-state index in [1.807, 2.05) is 13.8 Å². The number of nitrogens with zero attached hydrogens (tertiary/aromatic N) is 1. The number of carbonyl (C=O) groups is 1. The Morgan fingerprint density at radius 3 is 2.65 bits per heavy atom. The lowest BCUT2D eigenvalue weighted by atomic mass is 9.97. The lowest BCUT2D eigenvalue weighted by Gasteiger charge is -2.16. The molecule has 0 saturated carbocycles. The first-order valence-electron chi connectivity index (χ1n) is 6.22. The minimum atomic E-state index is -0.897. The molecule has 1 rings (SSSR count). The minimum Gasteiger partial charge on any atom is -0.481 e. The highest BCUT2D eigenvalue weighted by atomic mass is 79.9. The van der Waals surface area contributed by atoms with Crippen LogP contribution in [-0.4, -0.2) is 22.5 Å². The quantitative estimate of drug-likeness (QED) is 0.583. The Morgan fingerprint density at radius 1 is 1.50 bits per heavy atom. The summed E-state index contributed by atoms with van der Waals surface area (Å²) in [4.78, 5) is 21.6. The average Bonchev–Trinajstić information content (AvgIpc) is 2.34. The van der Waals surface area contributed by atoms with Crippen LogP contribution >= 0.6 is 15.9 Å². The van der Waals surface area contributed by atoms with Crippen molar-refractivity contribution in [3.8, 4) is 0 Å². The van der Waals surface area contributed by atoms with Crippen LogP contribution in [0.25, 0.3) is 0 Å². The monoisotopic (exact) mass is 344 g/mol.